The molecule has 2 rings (SSSR count). The van der Waals surface area contributed by atoms with Gasteiger partial charge in [-0.1, -0.05) is 25.1 Å². The molecule has 1 fully saturated rings. The van der Waals surface area contributed by atoms with Crippen molar-refractivity contribution in [2.24, 2.45) is 5.92 Å². The van der Waals surface area contributed by atoms with Crippen LogP contribution >= 0.6 is 0 Å². The highest BCUT2D eigenvalue weighted by Crippen LogP contribution is 2.29. The second-order valence-electron chi connectivity index (χ2n) is 5.76. The number of esters is 1. The summed E-state index contributed by atoms with van der Waals surface area (Å²) in [4.78, 5) is 36.3. The molecular weight excluding hydrogens is 300 g/mol. The summed E-state index contributed by atoms with van der Waals surface area (Å²) in [5, 5.41) is 11.0. The highest BCUT2D eigenvalue weighted by molar-refractivity contribution is 5.81. The molecule has 0 N–H and O–H groups in total. The molecule has 0 radical (unpaired) electrons. The van der Waals surface area contributed by atoms with Crippen molar-refractivity contribution in [2.45, 2.75) is 32.2 Å². The third kappa shape index (κ3) is 4.28. The maximum absolute atomic E-state index is 12.6. The number of hydrogen-bond acceptors (Lipinski definition) is 5. The number of ether oxygens (including phenoxy) is 1. The average molecular weight is 320 g/mol. The number of benzene rings is 1. The minimum atomic E-state index is -0.485. The predicted molar refractivity (Wildman–Crippen MR) is 82.7 cm³/mol. The number of amides is 1. The van der Waals surface area contributed by atoms with Crippen molar-refractivity contribution in [3.8, 4) is 0 Å². The van der Waals surface area contributed by atoms with E-state index >= 15 is 0 Å². The molecule has 1 atom stereocenters. The minimum absolute atomic E-state index is 0.0401. The topological polar surface area (TPSA) is 89.8 Å². The van der Waals surface area contributed by atoms with Gasteiger partial charge in [-0.3, -0.25) is 19.7 Å². The molecule has 1 amide bonds. The number of nitro groups is 1. The van der Waals surface area contributed by atoms with Gasteiger partial charge in [0.05, 0.1) is 24.4 Å². The van der Waals surface area contributed by atoms with Gasteiger partial charge in [0, 0.05) is 24.2 Å². The third-order valence-electron chi connectivity index (χ3n) is 3.91. The molecule has 7 heteroatoms. The van der Waals surface area contributed by atoms with Gasteiger partial charge >= 0.3 is 5.97 Å². The number of hydrogen-bond donors (Lipinski definition) is 0. The molecule has 0 heterocycles. The highest BCUT2D eigenvalue weighted by Gasteiger charge is 2.35. The summed E-state index contributed by atoms with van der Waals surface area (Å²) >= 11 is 0. The van der Waals surface area contributed by atoms with Gasteiger partial charge < -0.3 is 9.64 Å². The largest absolute Gasteiger partial charge is 0.469 e. The Balaban J connectivity index is 2.10. The van der Waals surface area contributed by atoms with Crippen molar-refractivity contribution < 1.29 is 19.2 Å². The van der Waals surface area contributed by atoms with Crippen LogP contribution in [0.1, 0.15) is 25.3 Å². The molecule has 1 aromatic carbocycles. The number of rotatable bonds is 7. The first-order valence-corrected chi connectivity index (χ1v) is 7.53. The Morgan fingerprint density at radius 1 is 1.39 bits per heavy atom. The minimum Gasteiger partial charge on any atom is -0.469 e. The number of carbonyl (C=O) groups excluding carboxylic acids is 2. The zero-order valence-corrected chi connectivity index (χ0v) is 13.2. The average Bonchev–Trinajstić information content (AvgIpc) is 3.36. The first-order chi connectivity index (χ1) is 10.9. The van der Waals surface area contributed by atoms with E-state index < -0.39 is 10.8 Å². The van der Waals surface area contributed by atoms with Crippen LogP contribution in [0.25, 0.3) is 0 Å². The molecule has 1 saturated carbocycles. The van der Waals surface area contributed by atoms with E-state index in [1.165, 1.54) is 13.2 Å². The van der Waals surface area contributed by atoms with Crippen LogP contribution < -0.4 is 0 Å². The Hall–Kier alpha value is -2.44. The molecule has 1 aliphatic carbocycles. The Labute approximate surface area is 134 Å². The number of methoxy groups -OCH3 is 1. The molecule has 7 nitrogen and oxygen atoms in total. The van der Waals surface area contributed by atoms with E-state index in [1.54, 1.807) is 30.0 Å². The zero-order chi connectivity index (χ0) is 17.0. The summed E-state index contributed by atoms with van der Waals surface area (Å²) in [6.45, 7) is 1.98. The molecule has 0 aromatic heterocycles. The van der Waals surface area contributed by atoms with E-state index in [9.17, 15) is 19.7 Å². The molecule has 0 aliphatic heterocycles. The van der Waals surface area contributed by atoms with Crippen LogP contribution in [0.15, 0.2) is 24.3 Å². The monoisotopic (exact) mass is 320 g/mol. The Morgan fingerprint density at radius 2 is 2.04 bits per heavy atom. The van der Waals surface area contributed by atoms with E-state index in [4.69, 9.17) is 4.74 Å². The Bertz CT molecular complexity index is 612. The second kappa shape index (κ2) is 7.21. The van der Waals surface area contributed by atoms with Gasteiger partial charge in [-0.25, -0.2) is 0 Å². The molecule has 1 aromatic rings. The molecule has 23 heavy (non-hydrogen) atoms. The molecule has 1 unspecified atom stereocenters. The molecular formula is C16H20N2O5. The lowest BCUT2D eigenvalue weighted by atomic mass is 10.1. The number of carbonyl (C=O) groups is 2. The lowest BCUT2D eigenvalue weighted by Crippen LogP contribution is -2.39. The molecule has 0 bridgehead atoms. The maximum Gasteiger partial charge on any atom is 0.310 e. The Kier molecular flexibility index (Phi) is 5.31. The quantitative estimate of drug-likeness (QED) is 0.435. The molecule has 0 spiro atoms. The first kappa shape index (κ1) is 16.9. The van der Waals surface area contributed by atoms with Gasteiger partial charge in [0.25, 0.3) is 5.69 Å². The summed E-state index contributed by atoms with van der Waals surface area (Å²) in [6, 6.07) is 6.35. The van der Waals surface area contributed by atoms with Crippen molar-refractivity contribution in [3.05, 3.63) is 39.9 Å². The summed E-state index contributed by atoms with van der Waals surface area (Å²) in [5.41, 5.74) is 0.330. The standard InChI is InChI=1S/C16H20N2O5/c1-11(16(20)23-2)10-17(13-7-8-13)15(19)9-12-5-3-4-6-14(12)18(21)22/h3-6,11,13H,7-10H2,1-2H3. The van der Waals surface area contributed by atoms with Gasteiger partial charge in [-0.05, 0) is 12.8 Å². The fraction of sp³-hybridized carbons (Fsp3) is 0.500. The smallest absolute Gasteiger partial charge is 0.310 e. The van der Waals surface area contributed by atoms with E-state index in [-0.39, 0.29) is 36.6 Å². The summed E-state index contributed by atoms with van der Waals surface area (Å²) in [7, 11) is 1.31. The zero-order valence-electron chi connectivity index (χ0n) is 13.2. The predicted octanol–water partition coefficient (Wildman–Crippen LogP) is 1.94. The number of nitrogens with zero attached hydrogens (tertiary/aromatic N) is 2. The summed E-state index contributed by atoms with van der Waals surface area (Å²) in [6.07, 6.45) is 1.76. The van der Waals surface area contributed by atoms with E-state index in [0.29, 0.717) is 5.56 Å². The molecule has 124 valence electrons. The molecule has 0 saturated heterocycles. The van der Waals surface area contributed by atoms with Crippen molar-refractivity contribution in [2.75, 3.05) is 13.7 Å². The van der Waals surface area contributed by atoms with Crippen LogP contribution in [0.2, 0.25) is 0 Å². The van der Waals surface area contributed by atoms with Crippen LogP contribution in [0.3, 0.4) is 0 Å². The van der Waals surface area contributed by atoms with E-state index in [2.05, 4.69) is 0 Å². The number of para-hydroxylation sites is 1. The van der Waals surface area contributed by atoms with Crippen molar-refractivity contribution in [1.82, 2.24) is 4.90 Å². The second-order valence-corrected chi connectivity index (χ2v) is 5.76. The fourth-order valence-electron chi connectivity index (χ4n) is 2.51. The van der Waals surface area contributed by atoms with Gasteiger partial charge in [0.1, 0.15) is 0 Å². The normalized spacial score (nSPS) is 14.9. The van der Waals surface area contributed by atoms with Crippen LogP contribution in [-0.4, -0.2) is 41.4 Å². The fourth-order valence-corrected chi connectivity index (χ4v) is 2.51. The van der Waals surface area contributed by atoms with Gasteiger partial charge in [-0.15, -0.1) is 0 Å². The Morgan fingerprint density at radius 3 is 2.61 bits per heavy atom. The van der Waals surface area contributed by atoms with Gasteiger partial charge in [0.15, 0.2) is 0 Å². The molecule has 1 aliphatic rings. The number of nitro benzene ring substituents is 1. The van der Waals surface area contributed by atoms with Crippen molar-refractivity contribution >= 4 is 17.6 Å². The van der Waals surface area contributed by atoms with Crippen molar-refractivity contribution in [1.29, 1.82) is 0 Å². The first-order valence-electron chi connectivity index (χ1n) is 7.53. The maximum atomic E-state index is 12.6. The highest BCUT2D eigenvalue weighted by atomic mass is 16.6. The van der Waals surface area contributed by atoms with Gasteiger partial charge in [0.2, 0.25) is 5.91 Å². The van der Waals surface area contributed by atoms with Crippen LogP contribution in [0.4, 0.5) is 5.69 Å². The van der Waals surface area contributed by atoms with E-state index in [1.807, 2.05) is 0 Å². The van der Waals surface area contributed by atoms with Crippen molar-refractivity contribution in [3.63, 3.8) is 0 Å². The summed E-state index contributed by atoms with van der Waals surface area (Å²) < 4.78 is 4.70. The summed E-state index contributed by atoms with van der Waals surface area (Å²) in [5.74, 6) is -0.984. The lowest BCUT2D eigenvalue weighted by Gasteiger charge is -2.25. The van der Waals surface area contributed by atoms with Crippen LogP contribution in [0.5, 0.6) is 0 Å². The lowest BCUT2D eigenvalue weighted by molar-refractivity contribution is -0.385. The SMILES string of the molecule is COC(=O)C(C)CN(C(=O)Cc1ccccc1[N+](=O)[O-])C1CC1. The third-order valence-corrected chi connectivity index (χ3v) is 3.91. The van der Waals surface area contributed by atoms with E-state index in [0.717, 1.165) is 12.8 Å². The van der Waals surface area contributed by atoms with Gasteiger partial charge in [-0.2, -0.15) is 0 Å². The van der Waals surface area contributed by atoms with Crippen LogP contribution in [0, 0.1) is 16.0 Å². The van der Waals surface area contributed by atoms with Crippen LogP contribution in [-0.2, 0) is 20.7 Å².